The maximum atomic E-state index is 14.3. The van der Waals surface area contributed by atoms with Crippen LogP contribution in [-0.2, 0) is 6.54 Å². The quantitative estimate of drug-likeness (QED) is 0.448. The molecule has 0 atom stereocenters. The zero-order valence-electron chi connectivity index (χ0n) is 19.0. The number of aromatic nitrogens is 4. The summed E-state index contributed by atoms with van der Waals surface area (Å²) >= 11 is 0. The molecule has 0 aliphatic heterocycles. The van der Waals surface area contributed by atoms with Crippen LogP contribution in [-0.4, -0.2) is 32.5 Å². The van der Waals surface area contributed by atoms with E-state index in [1.54, 1.807) is 16.8 Å². The molecule has 3 aromatic rings. The fourth-order valence-corrected chi connectivity index (χ4v) is 3.25. The highest BCUT2D eigenvalue weighted by atomic mass is 19.1. The molecule has 0 radical (unpaired) electrons. The number of rotatable bonds is 9. The lowest BCUT2D eigenvalue weighted by atomic mass is 10.1. The summed E-state index contributed by atoms with van der Waals surface area (Å²) in [7, 11) is 0. The average Bonchev–Trinajstić information content (AvgIpc) is 3.02. The van der Waals surface area contributed by atoms with E-state index >= 15 is 0 Å². The Balaban J connectivity index is 1.99. The molecule has 31 heavy (non-hydrogen) atoms. The number of halogens is 1. The van der Waals surface area contributed by atoms with Gasteiger partial charge in [-0.25, -0.2) is 24.0 Å². The minimum atomic E-state index is -0.258. The Bertz CT molecular complexity index is 1050. The smallest absolute Gasteiger partial charge is 0.182 e. The molecule has 0 unspecified atom stereocenters. The molecular formula is C24H31FN6. The summed E-state index contributed by atoms with van der Waals surface area (Å²) in [6.07, 6.45) is 3.69. The number of nitrogens with zero attached hydrogens (tertiary/aromatic N) is 5. The van der Waals surface area contributed by atoms with Crippen molar-refractivity contribution in [3.63, 3.8) is 0 Å². The normalized spacial score (nSPS) is 11.6. The summed E-state index contributed by atoms with van der Waals surface area (Å²) in [4.78, 5) is 13.9. The van der Waals surface area contributed by atoms with Gasteiger partial charge in [-0.05, 0) is 38.7 Å². The van der Waals surface area contributed by atoms with Gasteiger partial charge in [0.25, 0.3) is 0 Å². The molecule has 7 heteroatoms. The van der Waals surface area contributed by atoms with Gasteiger partial charge in [0.1, 0.15) is 17.3 Å². The van der Waals surface area contributed by atoms with E-state index in [1.807, 2.05) is 39.1 Å². The molecule has 0 aliphatic carbocycles. The third-order valence-electron chi connectivity index (χ3n) is 4.92. The molecule has 2 aromatic heterocycles. The zero-order chi connectivity index (χ0) is 22.4. The second-order valence-electron chi connectivity index (χ2n) is 8.09. The van der Waals surface area contributed by atoms with Gasteiger partial charge in [-0.3, -0.25) is 0 Å². The van der Waals surface area contributed by atoms with Gasteiger partial charge in [0.15, 0.2) is 11.6 Å². The van der Waals surface area contributed by atoms with Crippen LogP contribution < -0.4 is 5.32 Å². The van der Waals surface area contributed by atoms with Crippen molar-refractivity contribution >= 4 is 17.9 Å². The predicted molar refractivity (Wildman–Crippen MR) is 125 cm³/mol. The molecular weight excluding hydrogens is 391 g/mol. The zero-order valence-corrected chi connectivity index (χ0v) is 19.0. The Morgan fingerprint density at radius 1 is 1.19 bits per heavy atom. The summed E-state index contributed by atoms with van der Waals surface area (Å²) in [6.45, 7) is 11.5. The number of aliphatic imine (C=N–C) groups is 1. The first-order valence-corrected chi connectivity index (χ1v) is 10.8. The number of anilines is 1. The van der Waals surface area contributed by atoms with Crippen LogP contribution in [0.25, 0.3) is 11.5 Å². The van der Waals surface area contributed by atoms with E-state index in [-0.39, 0.29) is 12.4 Å². The van der Waals surface area contributed by atoms with Gasteiger partial charge in [-0.15, -0.1) is 0 Å². The number of aryl methyl sites for hydroxylation is 1. The Labute approximate surface area is 183 Å². The lowest BCUT2D eigenvalue weighted by molar-refractivity contribution is 0.587. The fourth-order valence-electron chi connectivity index (χ4n) is 3.25. The maximum Gasteiger partial charge on any atom is 0.182 e. The molecule has 0 saturated carbocycles. The number of benzene rings is 1. The van der Waals surface area contributed by atoms with Crippen LogP contribution >= 0.6 is 0 Å². The van der Waals surface area contributed by atoms with Crippen molar-refractivity contribution in [3.8, 4) is 11.5 Å². The third kappa shape index (κ3) is 5.75. The Morgan fingerprint density at radius 3 is 2.68 bits per heavy atom. The van der Waals surface area contributed by atoms with Gasteiger partial charge in [0.05, 0.1) is 6.54 Å². The Morgan fingerprint density at radius 2 is 1.97 bits per heavy atom. The monoisotopic (exact) mass is 422 g/mol. The SMILES string of the molecule is CC/C=N\c1c(C)c(-c2nc(C)cc(NCCC(C)C)n2)nn1Cc1ccccc1F. The number of hydrogen-bond donors (Lipinski definition) is 1. The highest BCUT2D eigenvalue weighted by Crippen LogP contribution is 2.30. The van der Waals surface area contributed by atoms with Gasteiger partial charge in [0.2, 0.25) is 0 Å². The molecule has 164 valence electrons. The van der Waals surface area contributed by atoms with Crippen LogP contribution in [0.4, 0.5) is 16.0 Å². The molecule has 0 bridgehead atoms. The summed E-state index contributed by atoms with van der Waals surface area (Å²) in [6, 6.07) is 8.66. The van der Waals surface area contributed by atoms with Crippen LogP contribution in [0, 0.1) is 25.6 Å². The van der Waals surface area contributed by atoms with E-state index in [2.05, 4.69) is 29.1 Å². The Kier molecular flexibility index (Phi) is 7.50. The first kappa shape index (κ1) is 22.6. The molecule has 6 nitrogen and oxygen atoms in total. The number of hydrogen-bond acceptors (Lipinski definition) is 5. The van der Waals surface area contributed by atoms with Gasteiger partial charge >= 0.3 is 0 Å². The van der Waals surface area contributed by atoms with Gasteiger partial charge in [0, 0.05) is 35.6 Å². The average molecular weight is 423 g/mol. The van der Waals surface area contributed by atoms with E-state index in [0.29, 0.717) is 28.8 Å². The third-order valence-corrected chi connectivity index (χ3v) is 4.92. The minimum Gasteiger partial charge on any atom is -0.370 e. The molecule has 3 rings (SSSR count). The molecule has 0 fully saturated rings. The topological polar surface area (TPSA) is 68.0 Å². The minimum absolute atomic E-state index is 0.258. The van der Waals surface area contributed by atoms with Crippen LogP contribution in [0.15, 0.2) is 35.3 Å². The van der Waals surface area contributed by atoms with Crippen molar-refractivity contribution in [1.29, 1.82) is 0 Å². The van der Waals surface area contributed by atoms with Crippen LogP contribution in [0.3, 0.4) is 0 Å². The molecule has 1 aromatic carbocycles. The van der Waals surface area contributed by atoms with Gasteiger partial charge in [-0.2, -0.15) is 5.10 Å². The van der Waals surface area contributed by atoms with Crippen molar-refractivity contribution < 1.29 is 4.39 Å². The molecule has 0 aliphatic rings. The summed E-state index contributed by atoms with van der Waals surface area (Å²) < 4.78 is 16.0. The summed E-state index contributed by atoms with van der Waals surface area (Å²) in [5, 5.41) is 8.13. The lowest BCUT2D eigenvalue weighted by Crippen LogP contribution is -2.08. The van der Waals surface area contributed by atoms with E-state index in [9.17, 15) is 4.39 Å². The van der Waals surface area contributed by atoms with E-state index in [0.717, 1.165) is 36.5 Å². The molecule has 0 spiro atoms. The largest absolute Gasteiger partial charge is 0.370 e. The first-order valence-electron chi connectivity index (χ1n) is 10.8. The van der Waals surface area contributed by atoms with Crippen molar-refractivity contribution in [2.24, 2.45) is 10.9 Å². The maximum absolute atomic E-state index is 14.3. The van der Waals surface area contributed by atoms with Crippen LogP contribution in [0.1, 0.15) is 50.4 Å². The Hall–Kier alpha value is -3.09. The van der Waals surface area contributed by atoms with Crippen molar-refractivity contribution in [1.82, 2.24) is 19.7 Å². The molecule has 0 amide bonds. The van der Waals surface area contributed by atoms with Gasteiger partial charge < -0.3 is 5.32 Å². The predicted octanol–water partition coefficient (Wildman–Crippen LogP) is 5.71. The van der Waals surface area contributed by atoms with Crippen molar-refractivity contribution in [3.05, 3.63) is 53.0 Å². The molecule has 2 heterocycles. The van der Waals surface area contributed by atoms with E-state index < -0.39 is 0 Å². The van der Waals surface area contributed by atoms with Crippen molar-refractivity contribution in [2.75, 3.05) is 11.9 Å². The summed E-state index contributed by atoms with van der Waals surface area (Å²) in [5.41, 5.74) is 2.96. The second-order valence-corrected chi connectivity index (χ2v) is 8.09. The standard InChI is InChI=1S/C24H31FN6/c1-6-12-27-24-18(5)22(30-31(24)15-19-9-7-8-10-20(19)25)23-28-17(4)14-21(29-23)26-13-11-16(2)3/h7-10,12,14,16H,6,11,13,15H2,1-5H3,(H,26,28,29)/b27-12-. The van der Waals surface area contributed by atoms with Crippen LogP contribution in [0.5, 0.6) is 0 Å². The highest BCUT2D eigenvalue weighted by Gasteiger charge is 2.19. The first-order chi connectivity index (χ1) is 14.9. The molecule has 1 N–H and O–H groups in total. The van der Waals surface area contributed by atoms with Gasteiger partial charge in [-0.1, -0.05) is 39.0 Å². The molecule has 0 saturated heterocycles. The summed E-state index contributed by atoms with van der Waals surface area (Å²) in [5.74, 6) is 2.38. The lowest BCUT2D eigenvalue weighted by Gasteiger charge is -2.09. The van der Waals surface area contributed by atoms with Crippen LogP contribution in [0.2, 0.25) is 0 Å². The van der Waals surface area contributed by atoms with Crippen molar-refractivity contribution in [2.45, 2.75) is 54.0 Å². The number of nitrogens with one attached hydrogen (secondary N) is 1. The highest BCUT2D eigenvalue weighted by molar-refractivity contribution is 5.68. The van der Waals surface area contributed by atoms with E-state index in [4.69, 9.17) is 10.1 Å². The fraction of sp³-hybridized carbons (Fsp3) is 0.417. The second kappa shape index (κ2) is 10.3. The van der Waals surface area contributed by atoms with E-state index in [1.165, 1.54) is 6.07 Å².